The Hall–Kier alpha value is -0.340. The average molecular weight is 195 g/mol. The van der Waals surface area contributed by atoms with Crippen molar-refractivity contribution in [2.24, 2.45) is 11.1 Å². The van der Waals surface area contributed by atoms with E-state index in [0.29, 0.717) is 5.41 Å². The molecule has 0 atom stereocenters. The van der Waals surface area contributed by atoms with E-state index in [0.717, 1.165) is 6.54 Å². The van der Waals surface area contributed by atoms with Crippen molar-refractivity contribution in [2.45, 2.75) is 32.6 Å². The van der Waals surface area contributed by atoms with Crippen LogP contribution >= 0.6 is 11.3 Å². The number of nitrogens with two attached hydrogens (primary N) is 1. The Labute approximate surface area is 84.0 Å². The molecule has 1 aromatic heterocycles. The summed E-state index contributed by atoms with van der Waals surface area (Å²) in [7, 11) is 0. The Morgan fingerprint density at radius 2 is 2.08 bits per heavy atom. The van der Waals surface area contributed by atoms with E-state index < -0.39 is 0 Å². The highest BCUT2D eigenvalue weighted by Gasteiger charge is 2.41. The Bertz CT molecular complexity index is 286. The summed E-state index contributed by atoms with van der Waals surface area (Å²) in [5, 5.41) is 0. The van der Waals surface area contributed by atoms with Gasteiger partial charge in [0.05, 0.1) is 0 Å². The Morgan fingerprint density at radius 3 is 2.54 bits per heavy atom. The normalized spacial score (nSPS) is 18.9. The topological polar surface area (TPSA) is 26.0 Å². The lowest BCUT2D eigenvalue weighted by molar-refractivity contribution is 0.525. The Balaban J connectivity index is 2.01. The summed E-state index contributed by atoms with van der Waals surface area (Å²) in [6.07, 6.45) is 5.06. The molecule has 0 unspecified atom stereocenters. The molecule has 0 bridgehead atoms. The first kappa shape index (κ1) is 9.22. The van der Waals surface area contributed by atoms with Gasteiger partial charge in [-0.1, -0.05) is 6.92 Å². The fraction of sp³-hybridized carbons (Fsp3) is 0.636. The van der Waals surface area contributed by atoms with E-state index in [9.17, 15) is 0 Å². The highest BCUT2D eigenvalue weighted by atomic mass is 32.1. The monoisotopic (exact) mass is 195 g/mol. The first-order valence-corrected chi connectivity index (χ1v) is 5.87. The highest BCUT2D eigenvalue weighted by molar-refractivity contribution is 7.11. The molecule has 72 valence electrons. The lowest BCUT2D eigenvalue weighted by atomic mass is 10.0. The first-order chi connectivity index (χ1) is 6.28. The molecule has 2 heteroatoms. The van der Waals surface area contributed by atoms with Crippen LogP contribution < -0.4 is 5.73 Å². The van der Waals surface area contributed by atoms with Crippen molar-refractivity contribution >= 4 is 11.3 Å². The molecule has 0 radical (unpaired) electrons. The Kier molecular flexibility index (Phi) is 2.43. The van der Waals surface area contributed by atoms with E-state index in [-0.39, 0.29) is 0 Å². The van der Waals surface area contributed by atoms with Crippen LogP contribution in [0.4, 0.5) is 0 Å². The smallest absolute Gasteiger partial charge is 0.00541 e. The second-order valence-electron chi connectivity index (χ2n) is 4.10. The van der Waals surface area contributed by atoms with Gasteiger partial charge >= 0.3 is 0 Å². The molecule has 0 amide bonds. The largest absolute Gasteiger partial charge is 0.330 e. The van der Waals surface area contributed by atoms with Crippen LogP contribution in [0.25, 0.3) is 0 Å². The van der Waals surface area contributed by atoms with Gasteiger partial charge in [0.25, 0.3) is 0 Å². The number of hydrogen-bond donors (Lipinski definition) is 1. The molecule has 1 heterocycles. The van der Waals surface area contributed by atoms with Gasteiger partial charge in [-0.15, -0.1) is 11.3 Å². The van der Waals surface area contributed by atoms with E-state index in [4.69, 9.17) is 5.73 Å². The van der Waals surface area contributed by atoms with Crippen molar-refractivity contribution in [1.82, 2.24) is 0 Å². The van der Waals surface area contributed by atoms with Gasteiger partial charge in [-0.3, -0.25) is 0 Å². The third-order valence-corrected chi connectivity index (χ3v) is 4.23. The lowest BCUT2D eigenvalue weighted by Gasteiger charge is -2.09. The minimum Gasteiger partial charge on any atom is -0.330 e. The molecule has 1 fully saturated rings. The van der Waals surface area contributed by atoms with Gasteiger partial charge in [0.15, 0.2) is 0 Å². The van der Waals surface area contributed by atoms with Crippen LogP contribution in [0.3, 0.4) is 0 Å². The average Bonchev–Trinajstić information content (AvgIpc) is 2.77. The zero-order valence-electron chi connectivity index (χ0n) is 8.18. The molecule has 1 aliphatic rings. The maximum Gasteiger partial charge on any atom is 0.00541 e. The summed E-state index contributed by atoms with van der Waals surface area (Å²) in [6, 6.07) is 4.53. The molecule has 1 aliphatic carbocycles. The fourth-order valence-electron chi connectivity index (χ4n) is 1.71. The summed E-state index contributed by atoms with van der Waals surface area (Å²) in [4.78, 5) is 3.03. The zero-order chi connectivity index (χ0) is 9.31. The molecule has 1 aromatic rings. The molecule has 1 nitrogen and oxygen atoms in total. The van der Waals surface area contributed by atoms with Gasteiger partial charge in [0, 0.05) is 9.75 Å². The molecular weight excluding hydrogens is 178 g/mol. The third kappa shape index (κ3) is 1.94. The van der Waals surface area contributed by atoms with E-state index in [1.165, 1.54) is 35.4 Å². The molecule has 1 saturated carbocycles. The van der Waals surface area contributed by atoms with Crippen molar-refractivity contribution in [3.05, 3.63) is 21.9 Å². The fourth-order valence-corrected chi connectivity index (χ4v) is 2.84. The number of thiophene rings is 1. The van der Waals surface area contributed by atoms with Crippen molar-refractivity contribution in [3.8, 4) is 0 Å². The van der Waals surface area contributed by atoms with Gasteiger partial charge in [-0.25, -0.2) is 0 Å². The number of rotatable bonds is 4. The molecule has 0 aliphatic heterocycles. The van der Waals surface area contributed by atoms with Gasteiger partial charge in [0.1, 0.15) is 0 Å². The van der Waals surface area contributed by atoms with Crippen molar-refractivity contribution in [3.63, 3.8) is 0 Å². The molecule has 0 saturated heterocycles. The molecule has 0 spiro atoms. The van der Waals surface area contributed by atoms with Gasteiger partial charge in [-0.2, -0.15) is 0 Å². The van der Waals surface area contributed by atoms with Crippen molar-refractivity contribution in [1.29, 1.82) is 0 Å². The molecule has 0 aromatic carbocycles. The van der Waals surface area contributed by atoms with Crippen LogP contribution in [0.2, 0.25) is 0 Å². The standard InChI is InChI=1S/C11H17NS/c1-2-9-3-4-10(13-9)7-11(8-12)5-6-11/h3-4H,2,5-8,12H2,1H3. The minimum atomic E-state index is 0.496. The second-order valence-corrected chi connectivity index (χ2v) is 5.36. The van der Waals surface area contributed by atoms with E-state index in [2.05, 4.69) is 19.1 Å². The van der Waals surface area contributed by atoms with E-state index in [1.54, 1.807) is 0 Å². The number of aryl methyl sites for hydroxylation is 1. The van der Waals surface area contributed by atoms with Crippen LogP contribution in [0.5, 0.6) is 0 Å². The quantitative estimate of drug-likeness (QED) is 0.785. The second kappa shape index (κ2) is 3.43. The maximum absolute atomic E-state index is 5.76. The molecule has 2 N–H and O–H groups in total. The maximum atomic E-state index is 5.76. The van der Waals surface area contributed by atoms with Crippen LogP contribution in [0.1, 0.15) is 29.5 Å². The molecular formula is C11H17NS. The highest BCUT2D eigenvalue weighted by Crippen LogP contribution is 2.48. The summed E-state index contributed by atoms with van der Waals surface area (Å²) in [5.74, 6) is 0. The number of hydrogen-bond acceptors (Lipinski definition) is 2. The molecule has 13 heavy (non-hydrogen) atoms. The van der Waals surface area contributed by atoms with Gasteiger partial charge in [0.2, 0.25) is 0 Å². The van der Waals surface area contributed by atoms with Crippen LogP contribution in [0, 0.1) is 5.41 Å². The first-order valence-electron chi connectivity index (χ1n) is 5.06. The summed E-state index contributed by atoms with van der Waals surface area (Å²) in [6.45, 7) is 3.08. The van der Waals surface area contributed by atoms with Crippen molar-refractivity contribution < 1.29 is 0 Å². The van der Waals surface area contributed by atoms with E-state index >= 15 is 0 Å². The van der Waals surface area contributed by atoms with Gasteiger partial charge in [-0.05, 0) is 49.8 Å². The van der Waals surface area contributed by atoms with E-state index in [1.807, 2.05) is 11.3 Å². The van der Waals surface area contributed by atoms with Crippen molar-refractivity contribution in [2.75, 3.05) is 6.54 Å². The predicted molar refractivity (Wildman–Crippen MR) is 58.1 cm³/mol. The summed E-state index contributed by atoms with van der Waals surface area (Å²) in [5.41, 5.74) is 6.26. The van der Waals surface area contributed by atoms with Crippen LogP contribution in [-0.2, 0) is 12.8 Å². The summed E-state index contributed by atoms with van der Waals surface area (Å²) < 4.78 is 0. The third-order valence-electron chi connectivity index (χ3n) is 3.01. The molecule has 2 rings (SSSR count). The predicted octanol–water partition coefficient (Wildman–Crippen LogP) is 2.59. The SMILES string of the molecule is CCc1ccc(CC2(CN)CC2)s1. The Morgan fingerprint density at radius 1 is 1.38 bits per heavy atom. The zero-order valence-corrected chi connectivity index (χ0v) is 8.99. The summed E-state index contributed by atoms with van der Waals surface area (Å²) >= 11 is 1.96. The minimum absolute atomic E-state index is 0.496. The lowest BCUT2D eigenvalue weighted by Crippen LogP contribution is -2.17. The van der Waals surface area contributed by atoms with Crippen LogP contribution in [0.15, 0.2) is 12.1 Å². The van der Waals surface area contributed by atoms with Gasteiger partial charge < -0.3 is 5.73 Å². The van der Waals surface area contributed by atoms with Crippen LogP contribution in [-0.4, -0.2) is 6.54 Å².